The van der Waals surface area contributed by atoms with Gasteiger partial charge in [0.15, 0.2) is 0 Å². The molecule has 5 heteroatoms. The standard InChI is InChI=1S/C12H13NO4/c1-3-11(4-2)17-12(14)9-5-7-10(8-6-9)13(15)16/h3,5-8,11H,1,4H2,2H3/t11-/m1/s1. The second-order valence-corrected chi connectivity index (χ2v) is 3.39. The van der Waals surface area contributed by atoms with Gasteiger partial charge in [0.05, 0.1) is 10.5 Å². The van der Waals surface area contributed by atoms with Crippen LogP contribution in [0.3, 0.4) is 0 Å². The maximum Gasteiger partial charge on any atom is 0.338 e. The zero-order valence-electron chi connectivity index (χ0n) is 9.46. The molecule has 0 amide bonds. The van der Waals surface area contributed by atoms with Gasteiger partial charge < -0.3 is 4.74 Å². The predicted molar refractivity (Wildman–Crippen MR) is 62.8 cm³/mol. The SMILES string of the molecule is C=C[C@H](CC)OC(=O)c1ccc([N+](=O)[O-])cc1. The number of carbonyl (C=O) groups excluding carboxylic acids is 1. The van der Waals surface area contributed by atoms with E-state index in [0.29, 0.717) is 6.42 Å². The number of nitro groups is 1. The molecule has 0 aliphatic heterocycles. The van der Waals surface area contributed by atoms with Crippen LogP contribution < -0.4 is 0 Å². The Balaban J connectivity index is 2.76. The summed E-state index contributed by atoms with van der Waals surface area (Å²) in [6, 6.07) is 5.28. The van der Waals surface area contributed by atoms with Crippen molar-refractivity contribution in [3.8, 4) is 0 Å². The van der Waals surface area contributed by atoms with Gasteiger partial charge in [0.1, 0.15) is 6.10 Å². The molecule has 0 aliphatic carbocycles. The average Bonchev–Trinajstić information content (AvgIpc) is 2.35. The molecule has 1 atom stereocenters. The van der Waals surface area contributed by atoms with Gasteiger partial charge >= 0.3 is 5.97 Å². The van der Waals surface area contributed by atoms with Crippen molar-refractivity contribution in [2.24, 2.45) is 0 Å². The second-order valence-electron chi connectivity index (χ2n) is 3.39. The molecule has 0 fully saturated rings. The van der Waals surface area contributed by atoms with Crippen LogP contribution in [0.5, 0.6) is 0 Å². The summed E-state index contributed by atoms with van der Waals surface area (Å²) in [6.07, 6.45) is 1.85. The monoisotopic (exact) mass is 235 g/mol. The minimum absolute atomic E-state index is 0.0580. The first kappa shape index (κ1) is 12.9. The van der Waals surface area contributed by atoms with Crippen molar-refractivity contribution >= 4 is 11.7 Å². The molecule has 1 rings (SSSR count). The highest BCUT2D eigenvalue weighted by atomic mass is 16.6. The van der Waals surface area contributed by atoms with Crippen LogP contribution in [0, 0.1) is 10.1 Å². The first-order valence-corrected chi connectivity index (χ1v) is 5.16. The Hall–Kier alpha value is -2.17. The number of hydrogen-bond acceptors (Lipinski definition) is 4. The molecule has 5 nitrogen and oxygen atoms in total. The van der Waals surface area contributed by atoms with Crippen molar-refractivity contribution in [1.29, 1.82) is 0 Å². The molecule has 0 aliphatic rings. The van der Waals surface area contributed by atoms with E-state index in [1.165, 1.54) is 24.3 Å². The average molecular weight is 235 g/mol. The highest BCUT2D eigenvalue weighted by Crippen LogP contribution is 2.13. The second kappa shape index (κ2) is 5.79. The maximum atomic E-state index is 11.6. The van der Waals surface area contributed by atoms with E-state index >= 15 is 0 Å². The molecule has 0 radical (unpaired) electrons. The summed E-state index contributed by atoms with van der Waals surface area (Å²) in [5.41, 5.74) is 0.230. The molecule has 0 saturated carbocycles. The van der Waals surface area contributed by atoms with Gasteiger partial charge in [-0.25, -0.2) is 4.79 Å². The van der Waals surface area contributed by atoms with Gasteiger partial charge in [-0.15, -0.1) is 0 Å². The van der Waals surface area contributed by atoms with Crippen LogP contribution >= 0.6 is 0 Å². The number of carbonyl (C=O) groups is 1. The third-order valence-electron chi connectivity index (χ3n) is 2.24. The Kier molecular flexibility index (Phi) is 4.39. The van der Waals surface area contributed by atoms with Gasteiger partial charge in [-0.05, 0) is 18.6 Å². The van der Waals surface area contributed by atoms with E-state index in [0.717, 1.165) is 0 Å². The summed E-state index contributed by atoms with van der Waals surface area (Å²) in [4.78, 5) is 21.5. The van der Waals surface area contributed by atoms with Gasteiger partial charge in [-0.3, -0.25) is 10.1 Å². The van der Waals surface area contributed by atoms with Crippen molar-refractivity contribution in [2.75, 3.05) is 0 Å². The Morgan fingerprint density at radius 1 is 1.53 bits per heavy atom. The number of esters is 1. The third kappa shape index (κ3) is 3.41. The van der Waals surface area contributed by atoms with E-state index in [1.54, 1.807) is 6.08 Å². The summed E-state index contributed by atoms with van der Waals surface area (Å²) in [7, 11) is 0. The van der Waals surface area contributed by atoms with Gasteiger partial charge in [-0.2, -0.15) is 0 Å². The normalized spacial score (nSPS) is 11.6. The molecule has 0 bridgehead atoms. The molecule has 0 N–H and O–H groups in total. The van der Waals surface area contributed by atoms with Crippen molar-refractivity contribution in [3.63, 3.8) is 0 Å². The summed E-state index contributed by atoms with van der Waals surface area (Å²) in [6.45, 7) is 5.42. The van der Waals surface area contributed by atoms with Gasteiger partial charge in [0.2, 0.25) is 0 Å². The van der Waals surface area contributed by atoms with Crippen molar-refractivity contribution in [3.05, 3.63) is 52.6 Å². The Morgan fingerprint density at radius 2 is 2.12 bits per heavy atom. The lowest BCUT2D eigenvalue weighted by molar-refractivity contribution is -0.384. The topological polar surface area (TPSA) is 69.4 Å². The minimum atomic E-state index is -0.520. The van der Waals surface area contributed by atoms with E-state index in [1.807, 2.05) is 6.92 Å². The molecule has 1 aromatic carbocycles. The maximum absolute atomic E-state index is 11.6. The first-order valence-electron chi connectivity index (χ1n) is 5.16. The van der Waals surface area contributed by atoms with Gasteiger partial charge in [0, 0.05) is 12.1 Å². The van der Waals surface area contributed by atoms with E-state index in [4.69, 9.17) is 4.74 Å². The predicted octanol–water partition coefficient (Wildman–Crippen LogP) is 2.72. The van der Waals surface area contributed by atoms with Crippen LogP contribution in [0.2, 0.25) is 0 Å². The number of hydrogen-bond donors (Lipinski definition) is 0. The molecule has 0 spiro atoms. The van der Waals surface area contributed by atoms with Crippen LogP contribution in [-0.4, -0.2) is 17.0 Å². The lowest BCUT2D eigenvalue weighted by Gasteiger charge is -2.11. The van der Waals surface area contributed by atoms with Crippen LogP contribution in [0.4, 0.5) is 5.69 Å². The third-order valence-corrected chi connectivity index (χ3v) is 2.24. The number of nitro benzene ring substituents is 1. The quantitative estimate of drug-likeness (QED) is 0.340. The van der Waals surface area contributed by atoms with E-state index in [2.05, 4.69) is 6.58 Å². The fourth-order valence-electron chi connectivity index (χ4n) is 1.22. The summed E-state index contributed by atoms with van der Waals surface area (Å²) < 4.78 is 5.11. The first-order chi connectivity index (χ1) is 8.08. The number of non-ortho nitro benzene ring substituents is 1. The van der Waals surface area contributed by atoms with Crippen molar-refractivity contribution < 1.29 is 14.5 Å². The number of rotatable bonds is 5. The number of nitrogens with zero attached hydrogens (tertiary/aromatic N) is 1. The van der Waals surface area contributed by atoms with Crippen molar-refractivity contribution in [1.82, 2.24) is 0 Å². The fourth-order valence-corrected chi connectivity index (χ4v) is 1.22. The number of ether oxygens (including phenoxy) is 1. The minimum Gasteiger partial charge on any atom is -0.455 e. The Labute approximate surface area is 98.9 Å². The van der Waals surface area contributed by atoms with Crippen LogP contribution in [-0.2, 0) is 4.74 Å². The highest BCUT2D eigenvalue weighted by molar-refractivity contribution is 5.89. The fraction of sp³-hybridized carbons (Fsp3) is 0.250. The molecule has 17 heavy (non-hydrogen) atoms. The molecular formula is C12H13NO4. The summed E-state index contributed by atoms with van der Waals surface area (Å²) >= 11 is 0. The van der Waals surface area contributed by atoms with E-state index in [-0.39, 0.29) is 17.4 Å². The van der Waals surface area contributed by atoms with E-state index < -0.39 is 10.9 Å². The number of benzene rings is 1. The van der Waals surface area contributed by atoms with Crippen LogP contribution in [0.1, 0.15) is 23.7 Å². The van der Waals surface area contributed by atoms with Crippen molar-refractivity contribution in [2.45, 2.75) is 19.4 Å². The molecule has 0 aromatic heterocycles. The Morgan fingerprint density at radius 3 is 2.53 bits per heavy atom. The summed E-state index contributed by atoms with van der Waals surface area (Å²) in [5, 5.41) is 10.4. The molecule has 0 heterocycles. The highest BCUT2D eigenvalue weighted by Gasteiger charge is 2.13. The molecule has 90 valence electrons. The van der Waals surface area contributed by atoms with Gasteiger partial charge in [-0.1, -0.05) is 19.6 Å². The molecule has 1 aromatic rings. The largest absolute Gasteiger partial charge is 0.455 e. The van der Waals surface area contributed by atoms with Gasteiger partial charge in [0.25, 0.3) is 5.69 Å². The molecule has 0 unspecified atom stereocenters. The Bertz CT molecular complexity index is 425. The van der Waals surface area contributed by atoms with Crippen LogP contribution in [0.15, 0.2) is 36.9 Å². The summed E-state index contributed by atoms with van der Waals surface area (Å²) in [5.74, 6) is -0.508. The zero-order valence-corrected chi connectivity index (χ0v) is 9.46. The smallest absolute Gasteiger partial charge is 0.338 e. The van der Waals surface area contributed by atoms with E-state index in [9.17, 15) is 14.9 Å². The lowest BCUT2D eigenvalue weighted by atomic mass is 10.2. The zero-order chi connectivity index (χ0) is 12.8. The molecular weight excluding hydrogens is 222 g/mol. The van der Waals surface area contributed by atoms with Crippen LogP contribution in [0.25, 0.3) is 0 Å². The lowest BCUT2D eigenvalue weighted by Crippen LogP contribution is -2.14. The molecule has 0 saturated heterocycles.